The third-order valence-corrected chi connectivity index (χ3v) is 3.33. The van der Waals surface area contributed by atoms with Gasteiger partial charge in [0.05, 0.1) is 0 Å². The Bertz CT molecular complexity index is 262. The van der Waals surface area contributed by atoms with Crippen molar-refractivity contribution in [3.8, 4) is 5.75 Å². The summed E-state index contributed by atoms with van der Waals surface area (Å²) in [6, 6.07) is 9.84. The molecule has 1 atom stereocenters. The van der Waals surface area contributed by atoms with Crippen LogP contribution in [0.1, 0.15) is 20.3 Å². The van der Waals surface area contributed by atoms with Crippen LogP contribution in [-0.4, -0.2) is 16.4 Å². The first kappa shape index (κ1) is 12.8. The number of thioether (sulfide) groups is 1. The summed E-state index contributed by atoms with van der Waals surface area (Å²) in [5, 5.41) is 0.683. The Hall–Kier alpha value is -0.280. The SMILES string of the molecule is CC(C)SCCC(S)Oc1ccccc1. The molecular formula is C12H18OS2. The Morgan fingerprint density at radius 1 is 1.27 bits per heavy atom. The van der Waals surface area contributed by atoms with Gasteiger partial charge in [0.25, 0.3) is 0 Å². The van der Waals surface area contributed by atoms with E-state index in [0.29, 0.717) is 5.25 Å². The molecule has 1 aromatic rings. The third kappa shape index (κ3) is 6.00. The van der Waals surface area contributed by atoms with Crippen molar-refractivity contribution >= 4 is 24.4 Å². The van der Waals surface area contributed by atoms with Crippen LogP contribution in [0.3, 0.4) is 0 Å². The highest BCUT2D eigenvalue weighted by atomic mass is 32.2. The third-order valence-electron chi connectivity index (χ3n) is 1.83. The molecule has 0 radical (unpaired) electrons. The van der Waals surface area contributed by atoms with Gasteiger partial charge >= 0.3 is 0 Å². The molecule has 0 fully saturated rings. The van der Waals surface area contributed by atoms with Gasteiger partial charge in [-0.3, -0.25) is 0 Å². The van der Waals surface area contributed by atoms with E-state index in [9.17, 15) is 0 Å². The van der Waals surface area contributed by atoms with Crippen LogP contribution in [0, 0.1) is 0 Å². The summed E-state index contributed by atoms with van der Waals surface area (Å²) in [4.78, 5) is 0. The molecule has 15 heavy (non-hydrogen) atoms. The van der Waals surface area contributed by atoms with Crippen molar-refractivity contribution in [2.75, 3.05) is 5.75 Å². The fraction of sp³-hybridized carbons (Fsp3) is 0.500. The predicted molar refractivity (Wildman–Crippen MR) is 72.1 cm³/mol. The maximum Gasteiger partial charge on any atom is 0.142 e. The fourth-order valence-corrected chi connectivity index (χ4v) is 2.37. The van der Waals surface area contributed by atoms with Gasteiger partial charge in [-0.1, -0.05) is 32.0 Å². The lowest BCUT2D eigenvalue weighted by molar-refractivity contribution is 0.287. The summed E-state index contributed by atoms with van der Waals surface area (Å²) in [6.07, 6.45) is 0.973. The first-order chi connectivity index (χ1) is 7.18. The molecule has 0 aliphatic rings. The Balaban J connectivity index is 2.21. The average molecular weight is 242 g/mol. The molecule has 0 aliphatic carbocycles. The van der Waals surface area contributed by atoms with E-state index < -0.39 is 0 Å². The topological polar surface area (TPSA) is 9.23 Å². The van der Waals surface area contributed by atoms with Crippen LogP contribution in [-0.2, 0) is 0 Å². The Kier molecular flexibility index (Phi) is 6.03. The Labute approximate surface area is 102 Å². The van der Waals surface area contributed by atoms with Gasteiger partial charge in [-0.25, -0.2) is 0 Å². The highest BCUT2D eigenvalue weighted by Crippen LogP contribution is 2.17. The molecule has 0 aromatic heterocycles. The minimum atomic E-state index is -0.00125. The lowest BCUT2D eigenvalue weighted by Gasteiger charge is -2.14. The van der Waals surface area contributed by atoms with Crippen LogP contribution in [0.2, 0.25) is 0 Å². The van der Waals surface area contributed by atoms with Gasteiger partial charge in [0, 0.05) is 6.42 Å². The Morgan fingerprint density at radius 3 is 2.53 bits per heavy atom. The minimum absolute atomic E-state index is 0.00125. The molecule has 84 valence electrons. The zero-order valence-corrected chi connectivity index (χ0v) is 10.9. The number of benzene rings is 1. The molecule has 0 amide bonds. The van der Waals surface area contributed by atoms with E-state index in [-0.39, 0.29) is 5.44 Å². The van der Waals surface area contributed by atoms with Crippen molar-refractivity contribution in [1.82, 2.24) is 0 Å². The molecule has 0 N–H and O–H groups in total. The molecule has 3 heteroatoms. The summed E-state index contributed by atoms with van der Waals surface area (Å²) in [6.45, 7) is 4.41. The average Bonchev–Trinajstić information content (AvgIpc) is 2.18. The molecule has 0 saturated heterocycles. The summed E-state index contributed by atoms with van der Waals surface area (Å²) in [5.74, 6) is 1.99. The first-order valence-corrected chi connectivity index (χ1v) is 6.76. The summed E-state index contributed by atoms with van der Waals surface area (Å²) in [5.41, 5.74) is -0.00125. The van der Waals surface area contributed by atoms with Crippen molar-refractivity contribution in [3.05, 3.63) is 30.3 Å². The molecule has 1 aromatic carbocycles. The lowest BCUT2D eigenvalue weighted by atomic mass is 10.3. The number of para-hydroxylation sites is 1. The second-order valence-electron chi connectivity index (χ2n) is 3.59. The van der Waals surface area contributed by atoms with Crippen molar-refractivity contribution < 1.29 is 4.74 Å². The van der Waals surface area contributed by atoms with Crippen molar-refractivity contribution in [2.45, 2.75) is 31.0 Å². The molecule has 0 spiro atoms. The fourth-order valence-electron chi connectivity index (χ4n) is 1.12. The van der Waals surface area contributed by atoms with Crippen LogP contribution < -0.4 is 4.74 Å². The van der Waals surface area contributed by atoms with Crippen LogP contribution in [0.15, 0.2) is 30.3 Å². The van der Waals surface area contributed by atoms with Gasteiger partial charge in [-0.15, -0.1) is 12.6 Å². The zero-order valence-electron chi connectivity index (χ0n) is 9.22. The Morgan fingerprint density at radius 2 is 1.93 bits per heavy atom. The van der Waals surface area contributed by atoms with E-state index in [0.717, 1.165) is 17.9 Å². The van der Waals surface area contributed by atoms with E-state index >= 15 is 0 Å². The van der Waals surface area contributed by atoms with E-state index in [1.165, 1.54) is 0 Å². The number of hydrogen-bond acceptors (Lipinski definition) is 3. The minimum Gasteiger partial charge on any atom is -0.480 e. The monoisotopic (exact) mass is 242 g/mol. The van der Waals surface area contributed by atoms with Crippen LogP contribution in [0.5, 0.6) is 5.75 Å². The molecule has 0 heterocycles. The van der Waals surface area contributed by atoms with Gasteiger partial charge in [0.1, 0.15) is 11.2 Å². The van der Waals surface area contributed by atoms with E-state index in [1.807, 2.05) is 42.1 Å². The lowest BCUT2D eigenvalue weighted by Crippen LogP contribution is -2.10. The number of ether oxygens (including phenoxy) is 1. The van der Waals surface area contributed by atoms with Gasteiger partial charge < -0.3 is 4.74 Å². The highest BCUT2D eigenvalue weighted by molar-refractivity contribution is 7.99. The number of hydrogen-bond donors (Lipinski definition) is 1. The van der Waals surface area contributed by atoms with Crippen LogP contribution in [0.25, 0.3) is 0 Å². The quantitative estimate of drug-likeness (QED) is 0.599. The molecule has 1 rings (SSSR count). The van der Waals surface area contributed by atoms with E-state index in [4.69, 9.17) is 4.74 Å². The van der Waals surface area contributed by atoms with Crippen molar-refractivity contribution in [2.24, 2.45) is 0 Å². The summed E-state index contributed by atoms with van der Waals surface area (Å²) < 4.78 is 5.65. The number of rotatable bonds is 6. The zero-order chi connectivity index (χ0) is 11.1. The van der Waals surface area contributed by atoms with Crippen LogP contribution >= 0.6 is 24.4 Å². The van der Waals surface area contributed by atoms with Crippen LogP contribution in [0.4, 0.5) is 0 Å². The van der Waals surface area contributed by atoms with Gasteiger partial charge in [0.15, 0.2) is 0 Å². The van der Waals surface area contributed by atoms with Gasteiger partial charge in [0.2, 0.25) is 0 Å². The van der Waals surface area contributed by atoms with Crippen molar-refractivity contribution in [3.63, 3.8) is 0 Å². The maximum absolute atomic E-state index is 5.65. The second-order valence-corrected chi connectivity index (χ2v) is 5.85. The molecule has 1 nitrogen and oxygen atoms in total. The molecule has 0 aliphatic heterocycles. The normalized spacial score (nSPS) is 12.8. The predicted octanol–water partition coefficient (Wildman–Crippen LogP) is 3.85. The molecule has 0 saturated carbocycles. The van der Waals surface area contributed by atoms with Gasteiger partial charge in [-0.05, 0) is 23.1 Å². The second kappa shape index (κ2) is 7.07. The van der Waals surface area contributed by atoms with Crippen molar-refractivity contribution in [1.29, 1.82) is 0 Å². The van der Waals surface area contributed by atoms with E-state index in [1.54, 1.807) is 0 Å². The molecular weight excluding hydrogens is 224 g/mol. The largest absolute Gasteiger partial charge is 0.480 e. The molecule has 0 bridgehead atoms. The highest BCUT2D eigenvalue weighted by Gasteiger charge is 2.05. The summed E-state index contributed by atoms with van der Waals surface area (Å²) in [7, 11) is 0. The van der Waals surface area contributed by atoms with Gasteiger partial charge in [-0.2, -0.15) is 11.8 Å². The molecule has 1 unspecified atom stereocenters. The standard InChI is InChI=1S/C12H18OS2/c1-10(2)15-9-8-12(14)13-11-6-4-3-5-7-11/h3-7,10,12,14H,8-9H2,1-2H3. The number of thiol groups is 1. The first-order valence-electron chi connectivity index (χ1n) is 5.20. The maximum atomic E-state index is 5.65. The smallest absolute Gasteiger partial charge is 0.142 e. The van der Waals surface area contributed by atoms with E-state index in [2.05, 4.69) is 26.5 Å². The summed E-state index contributed by atoms with van der Waals surface area (Å²) >= 11 is 6.35.